The van der Waals surface area contributed by atoms with E-state index in [4.69, 9.17) is 17.4 Å². The molecule has 2 unspecified atom stereocenters. The number of halogens is 1. The summed E-state index contributed by atoms with van der Waals surface area (Å²) in [7, 11) is 1.93. The van der Waals surface area contributed by atoms with Gasteiger partial charge in [-0.05, 0) is 18.6 Å². The number of hydrogen-bond donors (Lipinski definition) is 2. The fraction of sp³-hybridized carbons (Fsp3) is 0.400. The second-order valence-electron chi connectivity index (χ2n) is 5.40. The smallest absolute Gasteiger partial charge is 0.0847 e. The molecule has 0 saturated heterocycles. The normalized spacial score (nSPS) is 18.8. The maximum absolute atomic E-state index is 6.36. The Morgan fingerprint density at radius 3 is 2.95 bits per heavy atom. The van der Waals surface area contributed by atoms with Crippen LogP contribution in [0, 0.1) is 6.92 Å². The number of benzene rings is 1. The minimum absolute atomic E-state index is 0.147. The second-order valence-corrected chi connectivity index (χ2v) is 6.84. The maximum atomic E-state index is 6.36. The van der Waals surface area contributed by atoms with E-state index in [1.165, 1.54) is 10.5 Å². The van der Waals surface area contributed by atoms with E-state index in [1.54, 1.807) is 0 Å². The van der Waals surface area contributed by atoms with Crippen LogP contribution in [0.3, 0.4) is 0 Å². The van der Waals surface area contributed by atoms with Crippen molar-refractivity contribution in [2.45, 2.75) is 30.2 Å². The fourth-order valence-electron chi connectivity index (χ4n) is 2.95. The summed E-state index contributed by atoms with van der Waals surface area (Å²) in [5, 5.41) is 5.13. The number of thioether (sulfide) groups is 1. The molecule has 21 heavy (non-hydrogen) atoms. The number of rotatable bonds is 4. The standard InChI is InChI=1S/C15H19ClN4S/c1-9-15(16)13(20(2)19-9)7-12(18-17)11-8-21-14-6-4-3-5-10(11)14/h3-6,11-12,18H,7-8,17H2,1-2H3. The molecule has 1 aromatic heterocycles. The SMILES string of the molecule is Cc1nn(C)c(CC(NN)C2CSc3ccccc32)c1Cl. The molecule has 0 radical (unpaired) electrons. The molecule has 0 amide bonds. The van der Waals surface area contributed by atoms with E-state index in [1.807, 2.05) is 30.4 Å². The molecule has 1 aliphatic heterocycles. The highest BCUT2D eigenvalue weighted by Gasteiger charge is 2.31. The Kier molecular flexibility index (Phi) is 4.26. The third kappa shape index (κ3) is 2.71. The van der Waals surface area contributed by atoms with Crippen molar-refractivity contribution in [2.24, 2.45) is 12.9 Å². The minimum atomic E-state index is 0.147. The van der Waals surface area contributed by atoms with Gasteiger partial charge in [0, 0.05) is 36.1 Å². The molecule has 0 bridgehead atoms. The van der Waals surface area contributed by atoms with Gasteiger partial charge in [0.1, 0.15) is 0 Å². The van der Waals surface area contributed by atoms with E-state index in [0.29, 0.717) is 5.92 Å². The minimum Gasteiger partial charge on any atom is -0.271 e. The molecular formula is C15H19ClN4S. The van der Waals surface area contributed by atoms with Crippen LogP contribution in [-0.4, -0.2) is 21.6 Å². The zero-order valence-electron chi connectivity index (χ0n) is 12.1. The highest BCUT2D eigenvalue weighted by atomic mass is 35.5. The molecular weight excluding hydrogens is 304 g/mol. The number of aromatic nitrogens is 2. The number of nitrogens with two attached hydrogens (primary N) is 1. The van der Waals surface area contributed by atoms with E-state index in [0.717, 1.165) is 28.6 Å². The first kappa shape index (κ1) is 14.9. The molecule has 0 spiro atoms. The van der Waals surface area contributed by atoms with Gasteiger partial charge in [0.15, 0.2) is 0 Å². The number of nitrogens with one attached hydrogen (secondary N) is 1. The van der Waals surface area contributed by atoms with Crippen molar-refractivity contribution in [3.8, 4) is 0 Å². The van der Waals surface area contributed by atoms with Crippen LogP contribution >= 0.6 is 23.4 Å². The number of fused-ring (bicyclic) bond motifs is 1. The summed E-state index contributed by atoms with van der Waals surface area (Å²) in [6, 6.07) is 8.69. The van der Waals surface area contributed by atoms with E-state index in [2.05, 4.69) is 34.8 Å². The Morgan fingerprint density at radius 1 is 1.52 bits per heavy atom. The van der Waals surface area contributed by atoms with Crippen LogP contribution in [0.25, 0.3) is 0 Å². The summed E-state index contributed by atoms with van der Waals surface area (Å²) < 4.78 is 1.86. The summed E-state index contributed by atoms with van der Waals surface area (Å²) in [4.78, 5) is 1.36. The quantitative estimate of drug-likeness (QED) is 0.671. The molecule has 4 nitrogen and oxygen atoms in total. The van der Waals surface area contributed by atoms with Crippen LogP contribution in [-0.2, 0) is 13.5 Å². The summed E-state index contributed by atoms with van der Waals surface area (Å²) in [6.45, 7) is 1.93. The first-order chi connectivity index (χ1) is 10.1. The number of hydrazine groups is 1. The topological polar surface area (TPSA) is 55.9 Å². The molecule has 0 saturated carbocycles. The van der Waals surface area contributed by atoms with Crippen molar-refractivity contribution in [2.75, 3.05) is 5.75 Å². The van der Waals surface area contributed by atoms with Crippen LogP contribution < -0.4 is 11.3 Å². The van der Waals surface area contributed by atoms with Crippen molar-refractivity contribution in [1.82, 2.24) is 15.2 Å². The van der Waals surface area contributed by atoms with E-state index < -0.39 is 0 Å². The van der Waals surface area contributed by atoms with Crippen molar-refractivity contribution >= 4 is 23.4 Å². The lowest BCUT2D eigenvalue weighted by atomic mass is 9.91. The van der Waals surface area contributed by atoms with Crippen LogP contribution in [0.15, 0.2) is 29.2 Å². The first-order valence-electron chi connectivity index (χ1n) is 6.97. The van der Waals surface area contributed by atoms with Gasteiger partial charge in [0.05, 0.1) is 16.4 Å². The highest BCUT2D eigenvalue weighted by Crippen LogP contribution is 2.41. The first-order valence-corrected chi connectivity index (χ1v) is 8.34. The molecule has 0 fully saturated rings. The number of nitrogens with zero attached hydrogens (tertiary/aromatic N) is 2. The van der Waals surface area contributed by atoms with Crippen LogP contribution in [0.1, 0.15) is 22.9 Å². The molecule has 2 heterocycles. The summed E-state index contributed by atoms with van der Waals surface area (Å²) >= 11 is 8.26. The van der Waals surface area contributed by atoms with E-state index in [9.17, 15) is 0 Å². The van der Waals surface area contributed by atoms with Crippen LogP contribution in [0.5, 0.6) is 0 Å². The molecule has 2 atom stereocenters. The summed E-state index contributed by atoms with van der Waals surface area (Å²) in [5.74, 6) is 7.27. The Bertz CT molecular complexity index is 655. The summed E-state index contributed by atoms with van der Waals surface area (Å²) in [6.07, 6.45) is 0.770. The van der Waals surface area contributed by atoms with Crippen molar-refractivity contribution in [3.05, 3.63) is 46.2 Å². The lowest BCUT2D eigenvalue weighted by molar-refractivity contribution is 0.451. The summed E-state index contributed by atoms with van der Waals surface area (Å²) in [5.41, 5.74) is 6.26. The van der Waals surface area contributed by atoms with Gasteiger partial charge in [0.2, 0.25) is 0 Å². The fourth-order valence-corrected chi connectivity index (χ4v) is 4.52. The zero-order valence-corrected chi connectivity index (χ0v) is 13.7. The van der Waals surface area contributed by atoms with Crippen LogP contribution in [0.2, 0.25) is 5.02 Å². The van der Waals surface area contributed by atoms with Crippen molar-refractivity contribution in [3.63, 3.8) is 0 Å². The maximum Gasteiger partial charge on any atom is 0.0847 e. The van der Waals surface area contributed by atoms with Gasteiger partial charge in [-0.1, -0.05) is 29.8 Å². The van der Waals surface area contributed by atoms with Crippen molar-refractivity contribution < 1.29 is 0 Å². The molecule has 112 valence electrons. The van der Waals surface area contributed by atoms with Gasteiger partial charge in [-0.15, -0.1) is 11.8 Å². The average Bonchev–Trinajstić information content (AvgIpc) is 3.00. The monoisotopic (exact) mass is 322 g/mol. The molecule has 3 rings (SSSR count). The molecule has 1 aliphatic rings. The largest absolute Gasteiger partial charge is 0.271 e. The van der Waals surface area contributed by atoms with Gasteiger partial charge in [-0.3, -0.25) is 16.0 Å². The van der Waals surface area contributed by atoms with Gasteiger partial charge >= 0.3 is 0 Å². The predicted molar refractivity (Wildman–Crippen MR) is 87.7 cm³/mol. The molecule has 2 aromatic rings. The molecule has 1 aromatic carbocycles. The zero-order chi connectivity index (χ0) is 15.0. The second kappa shape index (κ2) is 6.01. The Hall–Kier alpha value is -1.01. The Morgan fingerprint density at radius 2 is 2.29 bits per heavy atom. The highest BCUT2D eigenvalue weighted by molar-refractivity contribution is 7.99. The van der Waals surface area contributed by atoms with Crippen molar-refractivity contribution in [1.29, 1.82) is 0 Å². The number of aryl methyl sites for hydroxylation is 2. The third-order valence-corrected chi connectivity index (χ3v) is 5.81. The third-order valence-electron chi connectivity index (χ3n) is 4.11. The lowest BCUT2D eigenvalue weighted by Gasteiger charge is -2.23. The molecule has 6 heteroatoms. The Balaban J connectivity index is 1.87. The average molecular weight is 323 g/mol. The number of hydrogen-bond acceptors (Lipinski definition) is 4. The van der Waals surface area contributed by atoms with Crippen LogP contribution in [0.4, 0.5) is 0 Å². The van der Waals surface area contributed by atoms with Gasteiger partial charge in [0.25, 0.3) is 0 Å². The van der Waals surface area contributed by atoms with Gasteiger partial charge < -0.3 is 0 Å². The molecule has 3 N–H and O–H groups in total. The Labute approximate surface area is 134 Å². The van der Waals surface area contributed by atoms with Gasteiger partial charge in [-0.25, -0.2) is 0 Å². The van der Waals surface area contributed by atoms with E-state index >= 15 is 0 Å². The predicted octanol–water partition coefficient (Wildman–Crippen LogP) is 2.65. The van der Waals surface area contributed by atoms with Gasteiger partial charge in [-0.2, -0.15) is 5.10 Å². The van der Waals surface area contributed by atoms with E-state index in [-0.39, 0.29) is 6.04 Å². The molecule has 0 aliphatic carbocycles. The lowest BCUT2D eigenvalue weighted by Crippen LogP contribution is -2.42.